The summed E-state index contributed by atoms with van der Waals surface area (Å²) in [4.78, 5) is 32.5. The molecule has 0 unspecified atom stereocenters. The van der Waals surface area contributed by atoms with Crippen molar-refractivity contribution in [1.82, 2.24) is 14.7 Å². The number of ether oxygens (including phenoxy) is 1. The highest BCUT2D eigenvalue weighted by Crippen LogP contribution is 2.33. The van der Waals surface area contributed by atoms with Gasteiger partial charge in [0.25, 0.3) is 11.8 Å². The van der Waals surface area contributed by atoms with Crippen molar-refractivity contribution in [1.29, 1.82) is 0 Å². The Balaban J connectivity index is 1.54. The smallest absolute Gasteiger partial charge is 0.277 e. The van der Waals surface area contributed by atoms with Gasteiger partial charge >= 0.3 is 0 Å². The van der Waals surface area contributed by atoms with Gasteiger partial charge in [0, 0.05) is 58.0 Å². The molecular weight excluding hydrogens is 426 g/mol. The molecule has 168 valence electrons. The SMILES string of the molecule is COCCCN1C(=O)C(c2ccc(Cl)cc2)=C(N2CCN(Cc3ccccc3)CC2)C1=O. The van der Waals surface area contributed by atoms with E-state index in [1.807, 2.05) is 18.2 Å². The van der Waals surface area contributed by atoms with Crippen LogP contribution in [0.1, 0.15) is 17.5 Å². The van der Waals surface area contributed by atoms with Gasteiger partial charge < -0.3 is 9.64 Å². The van der Waals surface area contributed by atoms with Crippen LogP contribution < -0.4 is 0 Å². The Morgan fingerprint density at radius 1 is 0.906 bits per heavy atom. The molecule has 2 aliphatic heterocycles. The fraction of sp³-hybridized carbons (Fsp3) is 0.360. The molecule has 1 fully saturated rings. The highest BCUT2D eigenvalue weighted by atomic mass is 35.5. The van der Waals surface area contributed by atoms with E-state index in [1.165, 1.54) is 10.5 Å². The molecule has 4 rings (SSSR count). The van der Waals surface area contributed by atoms with Gasteiger partial charge in [-0.2, -0.15) is 0 Å². The second-order valence-electron chi connectivity index (χ2n) is 8.09. The fourth-order valence-electron chi connectivity index (χ4n) is 4.27. The number of hydrogen-bond acceptors (Lipinski definition) is 5. The maximum atomic E-state index is 13.4. The molecule has 0 aromatic heterocycles. The van der Waals surface area contributed by atoms with Crippen molar-refractivity contribution in [2.24, 2.45) is 0 Å². The van der Waals surface area contributed by atoms with Gasteiger partial charge in [-0.15, -0.1) is 0 Å². The van der Waals surface area contributed by atoms with Crippen LogP contribution in [0.4, 0.5) is 0 Å². The van der Waals surface area contributed by atoms with E-state index in [9.17, 15) is 9.59 Å². The molecule has 1 saturated heterocycles. The number of rotatable bonds is 8. The minimum absolute atomic E-state index is 0.215. The molecule has 7 heteroatoms. The monoisotopic (exact) mass is 453 g/mol. The van der Waals surface area contributed by atoms with Crippen LogP contribution in [-0.2, 0) is 20.9 Å². The summed E-state index contributed by atoms with van der Waals surface area (Å²) in [7, 11) is 1.62. The number of carbonyl (C=O) groups excluding carboxylic acids is 2. The highest BCUT2D eigenvalue weighted by molar-refractivity contribution is 6.36. The predicted octanol–water partition coefficient (Wildman–Crippen LogP) is 3.27. The first-order valence-corrected chi connectivity index (χ1v) is 11.3. The molecule has 2 aromatic carbocycles. The lowest BCUT2D eigenvalue weighted by atomic mass is 10.0. The van der Waals surface area contributed by atoms with Crippen LogP contribution in [0.3, 0.4) is 0 Å². The molecule has 0 radical (unpaired) electrons. The predicted molar refractivity (Wildman–Crippen MR) is 125 cm³/mol. The van der Waals surface area contributed by atoms with Gasteiger partial charge in [0.05, 0.1) is 5.57 Å². The summed E-state index contributed by atoms with van der Waals surface area (Å²) in [5.74, 6) is -0.456. The number of halogens is 1. The van der Waals surface area contributed by atoms with Crippen LogP contribution in [0.25, 0.3) is 5.57 Å². The van der Waals surface area contributed by atoms with E-state index in [0.29, 0.717) is 49.0 Å². The Kier molecular flexibility index (Phi) is 7.25. The topological polar surface area (TPSA) is 53.1 Å². The molecule has 32 heavy (non-hydrogen) atoms. The van der Waals surface area contributed by atoms with Gasteiger partial charge in [-0.3, -0.25) is 19.4 Å². The minimum Gasteiger partial charge on any atom is -0.385 e. The molecule has 0 spiro atoms. The average Bonchev–Trinajstić information content (AvgIpc) is 3.06. The van der Waals surface area contributed by atoms with Crippen LogP contribution in [0.15, 0.2) is 60.3 Å². The summed E-state index contributed by atoms with van der Waals surface area (Å²) >= 11 is 6.06. The van der Waals surface area contributed by atoms with Gasteiger partial charge in [-0.05, 0) is 29.7 Å². The Labute approximate surface area is 194 Å². The average molecular weight is 454 g/mol. The quantitative estimate of drug-likeness (QED) is 0.453. The van der Waals surface area contributed by atoms with E-state index >= 15 is 0 Å². The standard InChI is InChI=1S/C25H28ClN3O3/c1-32-17-5-12-29-24(30)22(20-8-10-21(26)11-9-20)23(25(29)31)28-15-13-27(14-16-28)18-19-6-3-2-4-7-19/h2-4,6-11H,5,12-18H2,1H3. The molecule has 0 N–H and O–H groups in total. The van der Waals surface area contributed by atoms with Gasteiger partial charge in [0.1, 0.15) is 5.70 Å². The number of carbonyl (C=O) groups is 2. The fourth-order valence-corrected chi connectivity index (χ4v) is 4.40. The number of methoxy groups -OCH3 is 1. The Morgan fingerprint density at radius 3 is 2.25 bits per heavy atom. The first kappa shape index (κ1) is 22.5. The van der Waals surface area contributed by atoms with Crippen molar-refractivity contribution < 1.29 is 14.3 Å². The van der Waals surface area contributed by atoms with E-state index in [2.05, 4.69) is 34.1 Å². The third-order valence-electron chi connectivity index (χ3n) is 5.94. The van der Waals surface area contributed by atoms with Gasteiger partial charge in [0.2, 0.25) is 0 Å². The summed E-state index contributed by atoms with van der Waals surface area (Å²) in [6, 6.07) is 17.5. The normalized spacial score (nSPS) is 17.6. The molecule has 0 aliphatic carbocycles. The van der Waals surface area contributed by atoms with Crippen molar-refractivity contribution in [2.75, 3.05) is 46.4 Å². The van der Waals surface area contributed by atoms with Crippen LogP contribution in [-0.4, -0.2) is 73.0 Å². The van der Waals surface area contributed by atoms with Crippen molar-refractivity contribution >= 4 is 29.0 Å². The third kappa shape index (κ3) is 4.88. The van der Waals surface area contributed by atoms with Crippen LogP contribution in [0.5, 0.6) is 0 Å². The zero-order valence-corrected chi connectivity index (χ0v) is 19.1. The first-order chi connectivity index (χ1) is 15.6. The van der Waals surface area contributed by atoms with Gasteiger partial charge in [-0.1, -0.05) is 54.1 Å². The number of nitrogens with zero attached hydrogens (tertiary/aromatic N) is 3. The number of hydrogen-bond donors (Lipinski definition) is 0. The first-order valence-electron chi connectivity index (χ1n) is 10.9. The maximum Gasteiger partial charge on any atom is 0.277 e. The minimum atomic E-state index is -0.241. The zero-order valence-electron chi connectivity index (χ0n) is 18.3. The molecule has 2 amide bonds. The number of benzene rings is 2. The zero-order chi connectivity index (χ0) is 22.5. The van der Waals surface area contributed by atoms with Crippen molar-refractivity contribution in [3.05, 3.63) is 76.4 Å². The second kappa shape index (κ2) is 10.3. The molecule has 0 saturated carbocycles. The number of imide groups is 1. The summed E-state index contributed by atoms with van der Waals surface area (Å²) in [5, 5.41) is 0.596. The lowest BCUT2D eigenvalue weighted by Gasteiger charge is -2.36. The van der Waals surface area contributed by atoms with Gasteiger partial charge in [0.15, 0.2) is 0 Å². The summed E-state index contributed by atoms with van der Waals surface area (Å²) in [5.41, 5.74) is 2.98. The lowest BCUT2D eigenvalue weighted by molar-refractivity contribution is -0.137. The van der Waals surface area contributed by atoms with Crippen LogP contribution in [0, 0.1) is 0 Å². The number of piperazine rings is 1. The Morgan fingerprint density at radius 2 is 1.59 bits per heavy atom. The van der Waals surface area contributed by atoms with E-state index in [4.69, 9.17) is 16.3 Å². The highest BCUT2D eigenvalue weighted by Gasteiger charge is 2.41. The van der Waals surface area contributed by atoms with E-state index in [0.717, 1.165) is 25.2 Å². The lowest BCUT2D eigenvalue weighted by Crippen LogP contribution is -2.47. The van der Waals surface area contributed by atoms with Gasteiger partial charge in [-0.25, -0.2) is 0 Å². The molecule has 0 bridgehead atoms. The van der Waals surface area contributed by atoms with Crippen LogP contribution >= 0.6 is 11.6 Å². The second-order valence-corrected chi connectivity index (χ2v) is 8.52. The van der Waals surface area contributed by atoms with E-state index in [1.54, 1.807) is 19.2 Å². The molecule has 0 atom stereocenters. The summed E-state index contributed by atoms with van der Waals surface area (Å²) < 4.78 is 5.11. The van der Waals surface area contributed by atoms with E-state index < -0.39 is 0 Å². The van der Waals surface area contributed by atoms with Crippen LogP contribution in [0.2, 0.25) is 5.02 Å². The Hall–Kier alpha value is -2.67. The maximum absolute atomic E-state index is 13.4. The molecule has 2 aromatic rings. The molecule has 2 aliphatic rings. The summed E-state index contributed by atoms with van der Waals surface area (Å²) in [6.45, 7) is 4.79. The molecule has 2 heterocycles. The molecule has 6 nitrogen and oxygen atoms in total. The third-order valence-corrected chi connectivity index (χ3v) is 6.20. The number of amides is 2. The Bertz CT molecular complexity index is 983. The summed E-state index contributed by atoms with van der Waals surface area (Å²) in [6.07, 6.45) is 0.611. The molecular formula is C25H28ClN3O3. The van der Waals surface area contributed by atoms with Crippen molar-refractivity contribution in [3.63, 3.8) is 0 Å². The van der Waals surface area contributed by atoms with Crippen molar-refractivity contribution in [3.8, 4) is 0 Å². The van der Waals surface area contributed by atoms with Crippen molar-refractivity contribution in [2.45, 2.75) is 13.0 Å². The van der Waals surface area contributed by atoms with E-state index in [-0.39, 0.29) is 11.8 Å². The largest absolute Gasteiger partial charge is 0.385 e.